The first-order valence-electron chi connectivity index (χ1n) is 8.25. The van der Waals surface area contributed by atoms with E-state index in [1.54, 1.807) is 12.1 Å². The van der Waals surface area contributed by atoms with Crippen LogP contribution in [0.2, 0.25) is 10.0 Å². The highest BCUT2D eigenvalue weighted by molar-refractivity contribution is 6.35. The van der Waals surface area contributed by atoms with Crippen LogP contribution < -0.4 is 5.32 Å². The zero-order chi connectivity index (χ0) is 19.6. The highest BCUT2D eigenvalue weighted by atomic mass is 35.5. The summed E-state index contributed by atoms with van der Waals surface area (Å²) in [6.45, 7) is 4.05. The van der Waals surface area contributed by atoms with Crippen molar-refractivity contribution in [2.45, 2.75) is 6.42 Å². The van der Waals surface area contributed by atoms with Gasteiger partial charge in [0.05, 0.1) is 11.1 Å². The van der Waals surface area contributed by atoms with E-state index in [1.165, 1.54) is 24.3 Å². The summed E-state index contributed by atoms with van der Waals surface area (Å²) in [5.74, 6) is -1.12. The van der Waals surface area contributed by atoms with Crippen molar-refractivity contribution in [2.75, 3.05) is 13.1 Å². The van der Waals surface area contributed by atoms with Gasteiger partial charge in [-0.15, -0.1) is 6.58 Å². The molecule has 0 bridgehead atoms. The lowest BCUT2D eigenvalue weighted by Crippen LogP contribution is -2.29. The summed E-state index contributed by atoms with van der Waals surface area (Å²) >= 11 is 12.0. The number of amides is 3. The summed E-state index contributed by atoms with van der Waals surface area (Å²) in [4.78, 5) is 38.0. The Bertz CT molecular complexity index is 956. The van der Waals surface area contributed by atoms with Gasteiger partial charge in [0.25, 0.3) is 17.7 Å². The smallest absolute Gasteiger partial charge is 0.261 e. The van der Waals surface area contributed by atoms with Crippen molar-refractivity contribution in [1.29, 1.82) is 0 Å². The minimum absolute atomic E-state index is 0.135. The number of fused-ring (bicyclic) bond motifs is 1. The molecule has 1 aliphatic rings. The van der Waals surface area contributed by atoms with Crippen LogP contribution in [0, 0.1) is 0 Å². The minimum atomic E-state index is -0.419. The van der Waals surface area contributed by atoms with E-state index in [0.717, 1.165) is 10.5 Å². The zero-order valence-corrected chi connectivity index (χ0v) is 15.8. The fourth-order valence-electron chi connectivity index (χ4n) is 2.86. The van der Waals surface area contributed by atoms with Gasteiger partial charge in [-0.2, -0.15) is 0 Å². The highest BCUT2D eigenvalue weighted by Gasteiger charge is 2.35. The number of hydrogen-bond donors (Lipinski definition) is 1. The predicted octanol–water partition coefficient (Wildman–Crippen LogP) is 3.75. The number of halogens is 2. The van der Waals surface area contributed by atoms with Gasteiger partial charge in [0.15, 0.2) is 0 Å². The van der Waals surface area contributed by atoms with Gasteiger partial charge in [0, 0.05) is 28.7 Å². The van der Waals surface area contributed by atoms with Crippen LogP contribution in [0.5, 0.6) is 0 Å². The second kappa shape index (κ2) is 7.94. The van der Waals surface area contributed by atoms with Crippen molar-refractivity contribution < 1.29 is 14.4 Å². The molecule has 2 aromatic rings. The summed E-state index contributed by atoms with van der Waals surface area (Å²) in [6.07, 6.45) is 2.02. The Morgan fingerprint density at radius 2 is 1.81 bits per heavy atom. The predicted molar refractivity (Wildman–Crippen MR) is 105 cm³/mol. The Kier molecular flexibility index (Phi) is 5.63. The van der Waals surface area contributed by atoms with Crippen LogP contribution in [0.4, 0.5) is 0 Å². The molecule has 1 aliphatic heterocycles. The summed E-state index contributed by atoms with van der Waals surface area (Å²) < 4.78 is 0. The molecule has 0 unspecified atom stereocenters. The van der Waals surface area contributed by atoms with Crippen LogP contribution in [-0.4, -0.2) is 35.7 Å². The molecule has 0 spiro atoms. The third-order valence-corrected chi connectivity index (χ3v) is 4.83. The molecule has 0 saturated heterocycles. The van der Waals surface area contributed by atoms with Gasteiger partial charge in [-0.05, 0) is 42.3 Å². The maximum absolute atomic E-state index is 12.4. The molecular formula is C20H16Cl2N2O3. The van der Waals surface area contributed by atoms with Crippen molar-refractivity contribution in [3.05, 3.63) is 81.4 Å². The molecule has 0 atom stereocenters. The minimum Gasteiger partial charge on any atom is -0.352 e. The van der Waals surface area contributed by atoms with Gasteiger partial charge in [0.2, 0.25) is 0 Å². The normalized spacial score (nSPS) is 12.9. The van der Waals surface area contributed by atoms with Crippen molar-refractivity contribution in [3.8, 4) is 0 Å². The fourth-order valence-corrected chi connectivity index (χ4v) is 3.37. The second-order valence-corrected chi connectivity index (χ2v) is 6.86. The number of imide groups is 1. The summed E-state index contributed by atoms with van der Waals surface area (Å²) in [5.41, 5.74) is 1.72. The number of carbonyl (C=O) groups excluding carboxylic acids is 3. The molecule has 3 rings (SSSR count). The molecule has 27 heavy (non-hydrogen) atoms. The zero-order valence-electron chi connectivity index (χ0n) is 14.3. The molecule has 7 heteroatoms. The number of nitrogens with one attached hydrogen (secondary N) is 1. The maximum Gasteiger partial charge on any atom is 0.261 e. The molecule has 0 aromatic heterocycles. The van der Waals surface area contributed by atoms with Gasteiger partial charge in [-0.25, -0.2) is 0 Å². The van der Waals surface area contributed by atoms with Crippen LogP contribution in [0.25, 0.3) is 0 Å². The van der Waals surface area contributed by atoms with E-state index >= 15 is 0 Å². The number of carbonyl (C=O) groups is 3. The molecule has 0 fully saturated rings. The summed E-state index contributed by atoms with van der Waals surface area (Å²) in [5, 5.41) is 3.88. The fraction of sp³-hybridized carbons (Fsp3) is 0.150. The molecule has 3 amide bonds. The van der Waals surface area contributed by atoms with E-state index in [2.05, 4.69) is 11.9 Å². The van der Waals surface area contributed by atoms with Crippen LogP contribution in [-0.2, 0) is 6.42 Å². The lowest BCUT2D eigenvalue weighted by Gasteiger charge is -2.09. The number of hydrogen-bond acceptors (Lipinski definition) is 3. The monoisotopic (exact) mass is 402 g/mol. The first-order chi connectivity index (χ1) is 12.9. The summed E-state index contributed by atoms with van der Waals surface area (Å²) in [7, 11) is 0. The second-order valence-electron chi connectivity index (χ2n) is 6.01. The SMILES string of the molecule is C=CCN1C(=O)c2ccc(C(=O)NCCc3ccc(Cl)cc3Cl)cc2C1=O. The van der Waals surface area contributed by atoms with Gasteiger partial charge in [-0.1, -0.05) is 35.3 Å². The maximum atomic E-state index is 12.4. The Balaban J connectivity index is 1.67. The molecule has 0 saturated carbocycles. The van der Waals surface area contributed by atoms with E-state index in [-0.39, 0.29) is 23.9 Å². The topological polar surface area (TPSA) is 66.5 Å². The lowest BCUT2D eigenvalue weighted by atomic mass is 10.1. The highest BCUT2D eigenvalue weighted by Crippen LogP contribution is 2.24. The molecular weight excluding hydrogens is 387 g/mol. The van der Waals surface area contributed by atoms with Crippen molar-refractivity contribution in [2.24, 2.45) is 0 Å². The van der Waals surface area contributed by atoms with Gasteiger partial charge in [-0.3, -0.25) is 19.3 Å². The van der Waals surface area contributed by atoms with Crippen LogP contribution >= 0.6 is 23.2 Å². The van der Waals surface area contributed by atoms with Crippen molar-refractivity contribution >= 4 is 40.9 Å². The molecule has 0 aliphatic carbocycles. The first-order valence-corrected chi connectivity index (χ1v) is 9.01. The largest absolute Gasteiger partial charge is 0.352 e. The van der Waals surface area contributed by atoms with Crippen LogP contribution in [0.1, 0.15) is 36.6 Å². The third-order valence-electron chi connectivity index (χ3n) is 4.24. The number of rotatable bonds is 6. The lowest BCUT2D eigenvalue weighted by molar-refractivity contribution is 0.0672. The Morgan fingerprint density at radius 1 is 1.07 bits per heavy atom. The number of benzene rings is 2. The third kappa shape index (κ3) is 3.89. The average Bonchev–Trinajstić information content (AvgIpc) is 2.88. The quantitative estimate of drug-likeness (QED) is 0.590. The Morgan fingerprint density at radius 3 is 2.52 bits per heavy atom. The molecule has 138 valence electrons. The van der Waals surface area contributed by atoms with Gasteiger partial charge >= 0.3 is 0 Å². The van der Waals surface area contributed by atoms with E-state index in [0.29, 0.717) is 34.1 Å². The molecule has 2 aromatic carbocycles. The average molecular weight is 403 g/mol. The molecule has 1 N–H and O–H groups in total. The molecule has 5 nitrogen and oxygen atoms in total. The van der Waals surface area contributed by atoms with Crippen LogP contribution in [0.15, 0.2) is 49.1 Å². The standard InChI is InChI=1S/C20H16Cl2N2O3/c1-2-9-24-19(26)15-6-4-13(10-16(15)20(24)27)18(25)23-8-7-12-3-5-14(21)11-17(12)22/h2-6,10-11H,1,7-9H2,(H,23,25). The van der Waals surface area contributed by atoms with Crippen LogP contribution in [0.3, 0.4) is 0 Å². The van der Waals surface area contributed by atoms with E-state index < -0.39 is 5.91 Å². The van der Waals surface area contributed by atoms with E-state index in [1.807, 2.05) is 6.07 Å². The van der Waals surface area contributed by atoms with E-state index in [9.17, 15) is 14.4 Å². The summed E-state index contributed by atoms with van der Waals surface area (Å²) in [6, 6.07) is 9.69. The van der Waals surface area contributed by atoms with E-state index in [4.69, 9.17) is 23.2 Å². The van der Waals surface area contributed by atoms with Crippen molar-refractivity contribution in [3.63, 3.8) is 0 Å². The number of nitrogens with zero attached hydrogens (tertiary/aromatic N) is 1. The first kappa shape index (κ1) is 19.1. The molecule has 1 heterocycles. The van der Waals surface area contributed by atoms with Gasteiger partial charge < -0.3 is 5.32 Å². The Labute approximate surface area is 166 Å². The molecule has 0 radical (unpaired) electrons. The Hall–Kier alpha value is -2.63. The van der Waals surface area contributed by atoms with Gasteiger partial charge in [0.1, 0.15) is 0 Å². The van der Waals surface area contributed by atoms with Crippen molar-refractivity contribution in [1.82, 2.24) is 10.2 Å².